The van der Waals surface area contributed by atoms with Crippen molar-refractivity contribution in [2.24, 2.45) is 0 Å². The van der Waals surface area contributed by atoms with Crippen LogP contribution in [0.1, 0.15) is 20.7 Å². The van der Waals surface area contributed by atoms with Crippen LogP contribution in [-0.4, -0.2) is 52.0 Å². The Balaban J connectivity index is 2.35. The van der Waals surface area contributed by atoms with Crippen molar-refractivity contribution in [2.45, 2.75) is 21.4 Å². The second-order valence-corrected chi connectivity index (χ2v) is 7.42. The summed E-state index contributed by atoms with van der Waals surface area (Å²) in [5, 5.41) is 38.7. The van der Waals surface area contributed by atoms with Crippen LogP contribution < -0.4 is 0 Å². The van der Waals surface area contributed by atoms with E-state index < -0.39 is 49.0 Å². The Labute approximate surface area is 141 Å². The molecule has 0 spiro atoms. The molecule has 0 atom stereocenters. The van der Waals surface area contributed by atoms with Crippen LogP contribution in [0.4, 0.5) is 0 Å². The number of Topliss-reactive ketones (excluding diaryl/α,β-unsaturated/α-hetero) is 2. The van der Waals surface area contributed by atoms with Crippen molar-refractivity contribution in [1.82, 2.24) is 0 Å². The topological polar surface area (TPSA) is 149 Å². The second kappa shape index (κ2) is 5.28. The van der Waals surface area contributed by atoms with Crippen molar-refractivity contribution in [2.75, 3.05) is 0 Å². The summed E-state index contributed by atoms with van der Waals surface area (Å²) in [4.78, 5) is 23.7. The number of aliphatic hydroxyl groups is 4. The number of hydrogen-bond donors (Lipinski definition) is 4. The molecule has 0 aromatic heterocycles. The summed E-state index contributed by atoms with van der Waals surface area (Å²) in [6.45, 7) is 0. The Morgan fingerprint density at radius 3 is 1.88 bits per heavy atom. The van der Waals surface area contributed by atoms with Gasteiger partial charge in [-0.1, -0.05) is 30.3 Å². The number of ketones is 2. The second-order valence-electron chi connectivity index (χ2n) is 5.50. The maximum atomic E-state index is 12.8. The number of benzene rings is 2. The molecule has 9 heteroatoms. The zero-order valence-corrected chi connectivity index (χ0v) is 13.3. The van der Waals surface area contributed by atoms with Crippen molar-refractivity contribution in [3.63, 3.8) is 0 Å². The number of sulfone groups is 1. The van der Waals surface area contributed by atoms with E-state index in [2.05, 4.69) is 0 Å². The van der Waals surface area contributed by atoms with Gasteiger partial charge in [-0.25, -0.2) is 8.42 Å². The Kier molecular flexibility index (Phi) is 3.67. The average molecular weight is 364 g/mol. The first-order chi connectivity index (χ1) is 11.5. The van der Waals surface area contributed by atoms with Crippen molar-refractivity contribution in [1.29, 1.82) is 0 Å². The van der Waals surface area contributed by atoms with E-state index in [1.165, 1.54) is 24.3 Å². The molecule has 0 amide bonds. The highest BCUT2D eigenvalue weighted by atomic mass is 32.2. The van der Waals surface area contributed by atoms with Gasteiger partial charge >= 0.3 is 0 Å². The highest BCUT2D eigenvalue weighted by molar-refractivity contribution is 7.91. The van der Waals surface area contributed by atoms with E-state index in [4.69, 9.17) is 0 Å². The normalized spacial score (nSPS) is 18.7. The third-order valence-electron chi connectivity index (χ3n) is 3.96. The molecule has 0 aliphatic heterocycles. The van der Waals surface area contributed by atoms with Gasteiger partial charge in [-0.05, 0) is 18.2 Å². The zero-order chi connectivity index (χ0) is 18.6. The minimum absolute atomic E-state index is 0.185. The van der Waals surface area contributed by atoms with Gasteiger partial charge in [0.05, 0.1) is 15.4 Å². The molecule has 0 unspecified atom stereocenters. The zero-order valence-electron chi connectivity index (χ0n) is 12.4. The van der Waals surface area contributed by atoms with Crippen LogP contribution >= 0.6 is 0 Å². The molecular formula is C16H12O8S. The molecule has 4 N–H and O–H groups in total. The summed E-state index contributed by atoms with van der Waals surface area (Å²) in [6.07, 6.45) is 0. The molecule has 3 rings (SSSR count). The fourth-order valence-electron chi connectivity index (χ4n) is 2.58. The summed E-state index contributed by atoms with van der Waals surface area (Å²) in [5.74, 6) is -11.0. The molecule has 1 aliphatic carbocycles. The van der Waals surface area contributed by atoms with Crippen molar-refractivity contribution in [3.8, 4) is 0 Å². The lowest BCUT2D eigenvalue weighted by atomic mass is 9.80. The van der Waals surface area contributed by atoms with Crippen LogP contribution in [0, 0.1) is 0 Å². The molecule has 0 heterocycles. The minimum Gasteiger partial charge on any atom is -0.355 e. The minimum atomic E-state index is -4.28. The Morgan fingerprint density at radius 1 is 0.720 bits per heavy atom. The highest BCUT2D eigenvalue weighted by Crippen LogP contribution is 2.37. The number of rotatable bonds is 2. The van der Waals surface area contributed by atoms with E-state index in [9.17, 15) is 38.4 Å². The summed E-state index contributed by atoms with van der Waals surface area (Å²) in [6, 6.07) is 10.1. The number of carbonyl (C=O) groups is 2. The fraction of sp³-hybridized carbons (Fsp3) is 0.125. The molecule has 0 radical (unpaired) electrons. The van der Waals surface area contributed by atoms with Gasteiger partial charge in [-0.3, -0.25) is 9.59 Å². The van der Waals surface area contributed by atoms with Gasteiger partial charge in [-0.2, -0.15) is 0 Å². The Hall–Kier alpha value is -2.43. The number of hydrogen-bond acceptors (Lipinski definition) is 8. The SMILES string of the molecule is O=C1c2cccc(S(=O)(=O)c3ccccc3)c2C(=O)C(O)(O)C1(O)O. The Morgan fingerprint density at radius 2 is 1.28 bits per heavy atom. The molecule has 0 saturated heterocycles. The van der Waals surface area contributed by atoms with Gasteiger partial charge in [0, 0.05) is 5.56 Å². The number of fused-ring (bicyclic) bond motifs is 1. The van der Waals surface area contributed by atoms with Gasteiger partial charge in [0.1, 0.15) is 0 Å². The first-order valence-electron chi connectivity index (χ1n) is 6.95. The predicted octanol–water partition coefficient (Wildman–Crippen LogP) is -0.740. The van der Waals surface area contributed by atoms with E-state index in [0.717, 1.165) is 18.2 Å². The first-order valence-corrected chi connectivity index (χ1v) is 8.43. The van der Waals surface area contributed by atoms with Gasteiger partial charge in [-0.15, -0.1) is 0 Å². The van der Waals surface area contributed by atoms with Crippen LogP contribution in [0.25, 0.3) is 0 Å². The van der Waals surface area contributed by atoms with Gasteiger partial charge in [0.25, 0.3) is 11.6 Å². The van der Waals surface area contributed by atoms with Crippen LogP contribution in [0.2, 0.25) is 0 Å². The van der Waals surface area contributed by atoms with Gasteiger partial charge < -0.3 is 20.4 Å². The predicted molar refractivity (Wildman–Crippen MR) is 81.3 cm³/mol. The lowest BCUT2D eigenvalue weighted by molar-refractivity contribution is -0.299. The Bertz CT molecular complexity index is 990. The lowest BCUT2D eigenvalue weighted by Crippen LogP contribution is -2.66. The molecule has 0 fully saturated rings. The molecule has 130 valence electrons. The largest absolute Gasteiger partial charge is 0.355 e. The van der Waals surface area contributed by atoms with Crippen molar-refractivity contribution in [3.05, 3.63) is 59.7 Å². The molecule has 2 aromatic carbocycles. The van der Waals surface area contributed by atoms with Crippen LogP contribution in [0.3, 0.4) is 0 Å². The quantitative estimate of drug-likeness (QED) is 0.509. The van der Waals surface area contributed by atoms with E-state index in [1.807, 2.05) is 0 Å². The molecular weight excluding hydrogens is 352 g/mol. The molecule has 0 bridgehead atoms. The van der Waals surface area contributed by atoms with Crippen LogP contribution in [0.15, 0.2) is 58.3 Å². The summed E-state index contributed by atoms with van der Waals surface area (Å²) >= 11 is 0. The van der Waals surface area contributed by atoms with Crippen LogP contribution in [-0.2, 0) is 9.84 Å². The standard InChI is InChI=1S/C16H12O8S/c17-13-10-7-4-8-11(25(23,24)9-5-2-1-3-6-9)12(10)14(18)16(21,22)15(13,19)20/h1-8,19-22H. The molecule has 8 nitrogen and oxygen atoms in total. The molecule has 25 heavy (non-hydrogen) atoms. The van der Waals surface area contributed by atoms with E-state index >= 15 is 0 Å². The summed E-state index contributed by atoms with van der Waals surface area (Å²) in [7, 11) is -4.28. The smallest absolute Gasteiger partial charge is 0.292 e. The van der Waals surface area contributed by atoms with Gasteiger partial charge in [0.15, 0.2) is 0 Å². The van der Waals surface area contributed by atoms with Crippen molar-refractivity contribution >= 4 is 21.4 Å². The maximum absolute atomic E-state index is 12.8. The lowest BCUT2D eigenvalue weighted by Gasteiger charge is -2.37. The summed E-state index contributed by atoms with van der Waals surface area (Å²) in [5.41, 5.74) is -1.44. The van der Waals surface area contributed by atoms with E-state index in [-0.39, 0.29) is 4.90 Å². The highest BCUT2D eigenvalue weighted by Gasteiger charge is 2.63. The average Bonchev–Trinajstić information content (AvgIpc) is 2.59. The third-order valence-corrected chi connectivity index (χ3v) is 5.77. The summed E-state index contributed by atoms with van der Waals surface area (Å²) < 4.78 is 25.6. The molecule has 0 saturated carbocycles. The monoisotopic (exact) mass is 364 g/mol. The van der Waals surface area contributed by atoms with Crippen molar-refractivity contribution < 1.29 is 38.4 Å². The maximum Gasteiger partial charge on any atom is 0.292 e. The van der Waals surface area contributed by atoms with E-state index in [0.29, 0.717) is 0 Å². The van der Waals surface area contributed by atoms with E-state index in [1.54, 1.807) is 6.07 Å². The first kappa shape index (κ1) is 17.4. The fourth-order valence-corrected chi connectivity index (χ4v) is 4.08. The van der Waals surface area contributed by atoms with Crippen LogP contribution in [0.5, 0.6) is 0 Å². The third kappa shape index (κ3) is 2.25. The van der Waals surface area contributed by atoms with Gasteiger partial charge in [0.2, 0.25) is 21.4 Å². The molecule has 1 aliphatic rings. The number of carbonyl (C=O) groups excluding carboxylic acids is 2. The molecule has 2 aromatic rings.